The van der Waals surface area contributed by atoms with Crippen molar-refractivity contribution in [2.45, 2.75) is 11.7 Å². The van der Waals surface area contributed by atoms with Crippen LogP contribution in [0.4, 0.5) is 42.5 Å². The number of para-hydroxylation sites is 1. The van der Waals surface area contributed by atoms with Crippen LogP contribution in [0.2, 0.25) is 0 Å². The summed E-state index contributed by atoms with van der Waals surface area (Å²) < 4.78 is 102. The van der Waals surface area contributed by atoms with Crippen molar-refractivity contribution in [1.82, 2.24) is 0 Å². The third-order valence-electron chi connectivity index (χ3n) is 3.07. The van der Waals surface area contributed by atoms with E-state index in [1.54, 1.807) is 18.2 Å². The summed E-state index contributed by atoms with van der Waals surface area (Å²) >= 11 is 0. The van der Waals surface area contributed by atoms with Gasteiger partial charge in [-0.05, 0) is 30.3 Å². The van der Waals surface area contributed by atoms with Gasteiger partial charge in [0.2, 0.25) is 0 Å². The Bertz CT molecular complexity index is 959. The lowest BCUT2D eigenvalue weighted by atomic mass is 10.1. The van der Waals surface area contributed by atoms with Gasteiger partial charge in [-0.3, -0.25) is 0 Å². The minimum atomic E-state index is -6.16. The maximum absolute atomic E-state index is 13.2. The minimum Gasteiger partial charge on any atom is -0.376 e. The van der Waals surface area contributed by atoms with Crippen molar-refractivity contribution in [3.63, 3.8) is 0 Å². The van der Waals surface area contributed by atoms with Crippen LogP contribution in [0.5, 0.6) is 5.75 Å². The number of anilines is 2. The lowest BCUT2D eigenvalue weighted by molar-refractivity contribution is -0.137. The first-order valence-corrected chi connectivity index (χ1v) is 8.55. The lowest BCUT2D eigenvalue weighted by Crippen LogP contribution is -2.28. The smallest absolute Gasteiger partial charge is 0.376 e. The Labute approximate surface area is 154 Å². The summed E-state index contributed by atoms with van der Waals surface area (Å²) in [6.07, 6.45) is -5.13. The second kappa shape index (κ2) is 7.58. The highest BCUT2D eigenvalue weighted by atomic mass is 32.2. The van der Waals surface area contributed by atoms with E-state index in [2.05, 4.69) is 9.50 Å². The molecule has 0 aromatic heterocycles. The highest BCUT2D eigenvalue weighted by Crippen LogP contribution is 2.38. The Morgan fingerprint density at radius 3 is 2.04 bits per heavy atom. The molecule has 2 aromatic rings. The molecule has 0 aliphatic heterocycles. The summed E-state index contributed by atoms with van der Waals surface area (Å²) in [5.41, 5.74) is -7.98. The van der Waals surface area contributed by atoms with Gasteiger partial charge in [-0.1, -0.05) is 18.2 Å². The second-order valence-corrected chi connectivity index (χ2v) is 6.67. The van der Waals surface area contributed by atoms with Gasteiger partial charge < -0.3 is 14.8 Å². The number of carbonyl (C=O) groups is 1. The van der Waals surface area contributed by atoms with E-state index in [1.807, 2.05) is 5.32 Å². The van der Waals surface area contributed by atoms with E-state index >= 15 is 0 Å². The van der Waals surface area contributed by atoms with E-state index < -0.39 is 44.8 Å². The fourth-order valence-corrected chi connectivity index (χ4v) is 2.35. The first-order valence-electron chi connectivity index (χ1n) is 7.14. The molecule has 0 heterocycles. The van der Waals surface area contributed by atoms with Crippen LogP contribution in [0.15, 0.2) is 48.5 Å². The van der Waals surface area contributed by atoms with Gasteiger partial charge in [0.05, 0.1) is 11.3 Å². The quantitative estimate of drug-likeness (QED) is 0.424. The van der Waals surface area contributed by atoms with Gasteiger partial charge in [-0.15, -0.1) is 0 Å². The zero-order valence-electron chi connectivity index (χ0n) is 13.4. The Morgan fingerprint density at radius 1 is 0.893 bits per heavy atom. The van der Waals surface area contributed by atoms with Gasteiger partial charge in [-0.2, -0.15) is 34.8 Å². The van der Waals surface area contributed by atoms with Crippen molar-refractivity contribution in [3.8, 4) is 5.75 Å². The maximum Gasteiger partial charge on any atom is 0.534 e. The molecule has 0 saturated carbocycles. The predicted octanol–water partition coefficient (Wildman–Crippen LogP) is 4.58. The van der Waals surface area contributed by atoms with Crippen LogP contribution in [0.25, 0.3) is 0 Å². The van der Waals surface area contributed by atoms with Crippen LogP contribution >= 0.6 is 0 Å². The number of carbonyl (C=O) groups excluding carboxylic acids is 1. The molecular formula is C15H10F6N2O4S. The van der Waals surface area contributed by atoms with Gasteiger partial charge >= 0.3 is 27.8 Å². The molecule has 0 saturated heterocycles. The molecular weight excluding hydrogens is 418 g/mol. The first-order chi connectivity index (χ1) is 12.8. The van der Waals surface area contributed by atoms with Crippen molar-refractivity contribution in [2.24, 2.45) is 0 Å². The van der Waals surface area contributed by atoms with E-state index in [0.29, 0.717) is 12.1 Å². The van der Waals surface area contributed by atoms with Crippen molar-refractivity contribution in [1.29, 1.82) is 0 Å². The molecule has 2 N–H and O–H groups in total. The van der Waals surface area contributed by atoms with E-state index in [0.717, 1.165) is 0 Å². The molecule has 0 fully saturated rings. The monoisotopic (exact) mass is 428 g/mol. The first kappa shape index (κ1) is 21.3. The number of halogens is 6. The van der Waals surface area contributed by atoms with Crippen molar-refractivity contribution < 1.29 is 43.7 Å². The number of nitrogens with one attached hydrogen (secondary N) is 2. The number of benzene rings is 2. The summed E-state index contributed by atoms with van der Waals surface area (Å²) in [7, 11) is -6.16. The molecule has 0 atom stereocenters. The molecule has 0 unspecified atom stereocenters. The number of alkyl halides is 6. The van der Waals surface area contributed by atoms with E-state index in [1.165, 1.54) is 12.1 Å². The van der Waals surface area contributed by atoms with Gasteiger partial charge in [0.1, 0.15) is 5.75 Å². The number of rotatable bonds is 4. The Hall–Kier alpha value is -2.96. The van der Waals surface area contributed by atoms with Gasteiger partial charge in [0.15, 0.2) is 0 Å². The number of amides is 2. The average molecular weight is 428 g/mol. The molecule has 28 heavy (non-hydrogen) atoms. The highest BCUT2D eigenvalue weighted by molar-refractivity contribution is 7.88. The molecule has 0 aliphatic rings. The molecule has 0 radical (unpaired) electrons. The minimum absolute atomic E-state index is 0.0292. The molecule has 0 bridgehead atoms. The van der Waals surface area contributed by atoms with Crippen molar-refractivity contribution in [2.75, 3.05) is 10.6 Å². The molecule has 13 heteroatoms. The van der Waals surface area contributed by atoms with Crippen LogP contribution in [-0.4, -0.2) is 20.0 Å². The highest BCUT2D eigenvalue weighted by Gasteiger charge is 2.48. The number of urea groups is 1. The summed E-state index contributed by atoms with van der Waals surface area (Å²) in [4.78, 5) is 11.8. The summed E-state index contributed by atoms with van der Waals surface area (Å²) in [5, 5.41) is 4.14. The fraction of sp³-hybridized carbons (Fsp3) is 0.133. The predicted molar refractivity (Wildman–Crippen MR) is 86.1 cm³/mol. The molecule has 2 amide bonds. The van der Waals surface area contributed by atoms with Gasteiger partial charge in [-0.25, -0.2) is 4.79 Å². The van der Waals surface area contributed by atoms with Crippen LogP contribution in [0.1, 0.15) is 5.56 Å². The average Bonchev–Trinajstić information content (AvgIpc) is 2.55. The van der Waals surface area contributed by atoms with Crippen LogP contribution in [0, 0.1) is 0 Å². The Kier molecular flexibility index (Phi) is 5.77. The number of hydrogen-bond donors (Lipinski definition) is 2. The topological polar surface area (TPSA) is 84.5 Å². The molecule has 6 nitrogen and oxygen atoms in total. The third kappa shape index (κ3) is 5.28. The Morgan fingerprint density at radius 2 is 1.50 bits per heavy atom. The Balaban J connectivity index is 2.29. The standard InChI is InChI=1S/C15H10F6N2O4S/c16-14(17,18)11-8-10(27-28(25,26)15(19,20)21)6-7-12(11)23-13(24)22-9-4-2-1-3-5-9/h1-8H,(H2,22,23,24). The number of hydrogen-bond acceptors (Lipinski definition) is 4. The van der Waals surface area contributed by atoms with Crippen LogP contribution in [-0.2, 0) is 16.3 Å². The fourth-order valence-electron chi connectivity index (χ4n) is 1.90. The van der Waals surface area contributed by atoms with E-state index in [4.69, 9.17) is 0 Å². The SMILES string of the molecule is O=C(Nc1ccccc1)Nc1ccc(OS(=O)(=O)C(F)(F)F)cc1C(F)(F)F. The van der Waals surface area contributed by atoms with Crippen molar-refractivity contribution in [3.05, 3.63) is 54.1 Å². The van der Waals surface area contributed by atoms with Crippen LogP contribution in [0.3, 0.4) is 0 Å². The maximum atomic E-state index is 13.2. The molecule has 152 valence electrons. The molecule has 2 aromatic carbocycles. The molecule has 0 spiro atoms. The van der Waals surface area contributed by atoms with Crippen molar-refractivity contribution >= 4 is 27.5 Å². The lowest BCUT2D eigenvalue weighted by Gasteiger charge is -2.16. The normalized spacial score (nSPS) is 12.4. The van der Waals surface area contributed by atoms with E-state index in [9.17, 15) is 39.6 Å². The third-order valence-corrected chi connectivity index (χ3v) is 4.04. The zero-order valence-corrected chi connectivity index (χ0v) is 14.2. The summed E-state index contributed by atoms with van der Waals surface area (Å²) in [6.45, 7) is 0. The summed E-state index contributed by atoms with van der Waals surface area (Å²) in [6, 6.07) is 7.75. The van der Waals surface area contributed by atoms with Gasteiger partial charge in [0.25, 0.3) is 0 Å². The van der Waals surface area contributed by atoms with Gasteiger partial charge in [0, 0.05) is 5.69 Å². The second-order valence-electron chi connectivity index (χ2n) is 5.13. The van der Waals surface area contributed by atoms with E-state index in [-0.39, 0.29) is 11.8 Å². The summed E-state index contributed by atoms with van der Waals surface area (Å²) in [5.74, 6) is -1.22. The molecule has 0 aliphatic carbocycles. The largest absolute Gasteiger partial charge is 0.534 e. The molecule has 2 rings (SSSR count). The van der Waals surface area contributed by atoms with Crippen LogP contribution < -0.4 is 14.8 Å². The zero-order chi connectivity index (χ0) is 21.2.